The van der Waals surface area contributed by atoms with E-state index in [0.717, 1.165) is 12.8 Å². The number of carbonyl (C=O) groups is 2. The van der Waals surface area contributed by atoms with E-state index in [9.17, 15) is 9.59 Å². The summed E-state index contributed by atoms with van der Waals surface area (Å²) in [7, 11) is 0. The third-order valence-corrected chi connectivity index (χ3v) is 3.62. The number of nitrogens with one attached hydrogen (secondary N) is 2. The van der Waals surface area contributed by atoms with Crippen LogP contribution < -0.4 is 5.32 Å². The maximum absolute atomic E-state index is 12.2. The molecule has 0 radical (unpaired) electrons. The third-order valence-electron chi connectivity index (χ3n) is 3.62. The second-order valence-corrected chi connectivity index (χ2v) is 5.12. The van der Waals surface area contributed by atoms with Crippen molar-refractivity contribution in [3.8, 4) is 0 Å². The first-order valence-electron chi connectivity index (χ1n) is 7.01. The number of carbonyl (C=O) groups excluding carboxylic acids is 2. The first-order valence-corrected chi connectivity index (χ1v) is 7.01. The fourth-order valence-corrected chi connectivity index (χ4v) is 2.57. The number of H-pyrrole nitrogens is 1. The number of piperidine rings is 1. The molecule has 1 aliphatic heterocycles. The molecule has 1 saturated heterocycles. The Morgan fingerprint density at radius 1 is 1.33 bits per heavy atom. The number of hydrogen-bond acceptors (Lipinski definition) is 3. The molecule has 1 atom stereocenters. The number of hydrogen-bond donors (Lipinski definition) is 2. The van der Waals surface area contributed by atoms with E-state index < -0.39 is 0 Å². The molecule has 0 saturated carbocycles. The van der Waals surface area contributed by atoms with Gasteiger partial charge in [-0.3, -0.25) is 9.59 Å². The van der Waals surface area contributed by atoms with Gasteiger partial charge in [0.15, 0.2) is 5.76 Å². The standard InChI is InChI=1S/C15H17N3O3/c19-14(12-5-1-7-16-12)17-11-4-2-8-18(10-11)15(20)13-6-3-9-21-13/h1,3,5-7,9,11,16H,2,4,8,10H2,(H,17,19). The van der Waals surface area contributed by atoms with E-state index in [0.29, 0.717) is 24.5 Å². The first-order chi connectivity index (χ1) is 10.2. The molecule has 3 rings (SSSR count). The smallest absolute Gasteiger partial charge is 0.289 e. The number of aromatic nitrogens is 1. The van der Waals surface area contributed by atoms with Gasteiger partial charge >= 0.3 is 0 Å². The van der Waals surface area contributed by atoms with E-state index in [-0.39, 0.29) is 17.9 Å². The van der Waals surface area contributed by atoms with Gasteiger partial charge in [0.2, 0.25) is 0 Å². The molecule has 21 heavy (non-hydrogen) atoms. The van der Waals surface area contributed by atoms with Crippen molar-refractivity contribution in [2.45, 2.75) is 18.9 Å². The van der Waals surface area contributed by atoms with Crippen LogP contribution in [-0.4, -0.2) is 40.8 Å². The van der Waals surface area contributed by atoms with Crippen LogP contribution in [0.4, 0.5) is 0 Å². The molecule has 0 spiro atoms. The van der Waals surface area contributed by atoms with Gasteiger partial charge in [0.05, 0.1) is 6.26 Å². The van der Waals surface area contributed by atoms with Crippen molar-refractivity contribution >= 4 is 11.8 Å². The Balaban J connectivity index is 1.61. The van der Waals surface area contributed by atoms with Gasteiger partial charge in [-0.15, -0.1) is 0 Å². The van der Waals surface area contributed by atoms with Gasteiger partial charge in [0.1, 0.15) is 5.69 Å². The molecule has 1 aliphatic rings. The molecule has 2 amide bonds. The Morgan fingerprint density at radius 3 is 2.95 bits per heavy atom. The molecule has 2 N–H and O–H groups in total. The largest absolute Gasteiger partial charge is 0.459 e. The average molecular weight is 287 g/mol. The zero-order valence-electron chi connectivity index (χ0n) is 11.5. The monoisotopic (exact) mass is 287 g/mol. The Hall–Kier alpha value is -2.50. The fraction of sp³-hybridized carbons (Fsp3) is 0.333. The second-order valence-electron chi connectivity index (χ2n) is 5.12. The molecule has 3 heterocycles. The van der Waals surface area contributed by atoms with Gasteiger partial charge in [-0.05, 0) is 37.1 Å². The molecular weight excluding hydrogens is 270 g/mol. The van der Waals surface area contributed by atoms with E-state index in [4.69, 9.17) is 4.42 Å². The highest BCUT2D eigenvalue weighted by molar-refractivity contribution is 5.93. The van der Waals surface area contributed by atoms with Crippen LogP contribution in [0, 0.1) is 0 Å². The Labute approximate surface area is 122 Å². The molecule has 6 nitrogen and oxygen atoms in total. The number of nitrogens with zero attached hydrogens (tertiary/aromatic N) is 1. The highest BCUT2D eigenvalue weighted by Gasteiger charge is 2.27. The molecule has 0 bridgehead atoms. The molecule has 0 aromatic carbocycles. The molecule has 2 aromatic heterocycles. The van der Waals surface area contributed by atoms with Crippen molar-refractivity contribution in [1.82, 2.24) is 15.2 Å². The Morgan fingerprint density at radius 2 is 2.24 bits per heavy atom. The summed E-state index contributed by atoms with van der Waals surface area (Å²) in [5.41, 5.74) is 0.532. The summed E-state index contributed by atoms with van der Waals surface area (Å²) in [6, 6.07) is 6.82. The van der Waals surface area contributed by atoms with Crippen molar-refractivity contribution in [1.29, 1.82) is 0 Å². The molecule has 0 aliphatic carbocycles. The van der Waals surface area contributed by atoms with Crippen LogP contribution in [0.3, 0.4) is 0 Å². The zero-order valence-corrected chi connectivity index (χ0v) is 11.5. The van der Waals surface area contributed by atoms with Gasteiger partial charge in [-0.25, -0.2) is 0 Å². The summed E-state index contributed by atoms with van der Waals surface area (Å²) in [6.07, 6.45) is 4.93. The summed E-state index contributed by atoms with van der Waals surface area (Å²) < 4.78 is 5.14. The normalized spacial score (nSPS) is 18.5. The van der Waals surface area contributed by atoms with Crippen LogP contribution in [0.5, 0.6) is 0 Å². The summed E-state index contributed by atoms with van der Waals surface area (Å²) in [4.78, 5) is 28.8. The summed E-state index contributed by atoms with van der Waals surface area (Å²) >= 11 is 0. The average Bonchev–Trinajstić information content (AvgIpc) is 3.20. The number of furan rings is 1. The lowest BCUT2D eigenvalue weighted by molar-refractivity contribution is 0.0646. The third kappa shape index (κ3) is 2.99. The molecule has 1 unspecified atom stereocenters. The predicted octanol–water partition coefficient (Wildman–Crippen LogP) is 1.64. The topological polar surface area (TPSA) is 78.3 Å². The van der Waals surface area contributed by atoms with Crippen molar-refractivity contribution < 1.29 is 14.0 Å². The van der Waals surface area contributed by atoms with Crippen LogP contribution in [0.15, 0.2) is 41.1 Å². The first kappa shape index (κ1) is 13.5. The van der Waals surface area contributed by atoms with Gasteiger partial charge in [-0.1, -0.05) is 0 Å². The lowest BCUT2D eigenvalue weighted by Crippen LogP contribution is -2.49. The number of likely N-dealkylation sites (tertiary alicyclic amines) is 1. The summed E-state index contributed by atoms with van der Waals surface area (Å²) in [6.45, 7) is 1.19. The Bertz CT molecular complexity index is 604. The quantitative estimate of drug-likeness (QED) is 0.900. The van der Waals surface area contributed by atoms with Crippen molar-refractivity contribution in [2.24, 2.45) is 0 Å². The fourth-order valence-electron chi connectivity index (χ4n) is 2.57. The van der Waals surface area contributed by atoms with Gasteiger partial charge in [-0.2, -0.15) is 0 Å². The predicted molar refractivity (Wildman–Crippen MR) is 75.9 cm³/mol. The molecule has 2 aromatic rings. The SMILES string of the molecule is O=C(NC1CCCN(C(=O)c2ccco2)C1)c1ccc[nH]1. The van der Waals surface area contributed by atoms with E-state index >= 15 is 0 Å². The van der Waals surface area contributed by atoms with E-state index in [2.05, 4.69) is 10.3 Å². The minimum absolute atomic E-state index is 0.0338. The van der Waals surface area contributed by atoms with Crippen LogP contribution in [-0.2, 0) is 0 Å². The van der Waals surface area contributed by atoms with Gasteiger partial charge < -0.3 is 19.6 Å². The van der Waals surface area contributed by atoms with Crippen LogP contribution in [0.2, 0.25) is 0 Å². The van der Waals surface area contributed by atoms with Gasteiger partial charge in [0, 0.05) is 25.3 Å². The molecule has 6 heteroatoms. The molecular formula is C15H17N3O3. The molecule has 1 fully saturated rings. The summed E-state index contributed by atoms with van der Waals surface area (Å²) in [5.74, 6) is 0.0717. The van der Waals surface area contributed by atoms with Crippen molar-refractivity contribution in [3.63, 3.8) is 0 Å². The lowest BCUT2D eigenvalue weighted by Gasteiger charge is -2.32. The molecule has 110 valence electrons. The lowest BCUT2D eigenvalue weighted by atomic mass is 10.1. The van der Waals surface area contributed by atoms with Crippen LogP contribution >= 0.6 is 0 Å². The maximum atomic E-state index is 12.2. The second kappa shape index (κ2) is 5.87. The van der Waals surface area contributed by atoms with Crippen molar-refractivity contribution in [3.05, 3.63) is 48.2 Å². The zero-order chi connectivity index (χ0) is 14.7. The van der Waals surface area contributed by atoms with E-state index in [1.165, 1.54) is 6.26 Å². The van der Waals surface area contributed by atoms with E-state index in [1.807, 2.05) is 0 Å². The minimum atomic E-state index is -0.141. The van der Waals surface area contributed by atoms with Crippen molar-refractivity contribution in [2.75, 3.05) is 13.1 Å². The van der Waals surface area contributed by atoms with E-state index in [1.54, 1.807) is 35.4 Å². The number of aromatic amines is 1. The minimum Gasteiger partial charge on any atom is -0.459 e. The highest BCUT2D eigenvalue weighted by atomic mass is 16.3. The number of rotatable bonds is 3. The van der Waals surface area contributed by atoms with Crippen LogP contribution in [0.25, 0.3) is 0 Å². The highest BCUT2D eigenvalue weighted by Crippen LogP contribution is 2.14. The maximum Gasteiger partial charge on any atom is 0.289 e. The Kier molecular flexibility index (Phi) is 3.77. The number of amides is 2. The van der Waals surface area contributed by atoms with Gasteiger partial charge in [0.25, 0.3) is 11.8 Å². The summed E-state index contributed by atoms with van der Waals surface area (Å²) in [5, 5.41) is 2.96. The van der Waals surface area contributed by atoms with Crippen LogP contribution in [0.1, 0.15) is 33.9 Å².